The topological polar surface area (TPSA) is 34.9 Å². The van der Waals surface area contributed by atoms with Gasteiger partial charge in [0.05, 0.1) is 11.3 Å². The molecule has 0 bridgehead atoms. The van der Waals surface area contributed by atoms with Crippen molar-refractivity contribution < 1.29 is 4.79 Å². The Morgan fingerprint density at radius 2 is 2.11 bits per heavy atom. The summed E-state index contributed by atoms with van der Waals surface area (Å²) in [4.78, 5) is 12.7. The molecule has 0 saturated heterocycles. The second kappa shape index (κ2) is 5.68. The van der Waals surface area contributed by atoms with Crippen LogP contribution < -0.4 is 0 Å². The van der Waals surface area contributed by atoms with Gasteiger partial charge in [0.15, 0.2) is 5.78 Å². The lowest BCUT2D eigenvalue weighted by Crippen LogP contribution is -2.27. The molecule has 18 heavy (non-hydrogen) atoms. The monoisotopic (exact) mass is 248 g/mol. The third-order valence-corrected chi connectivity index (χ3v) is 4.28. The Hall–Kier alpha value is -1.12. The maximum Gasteiger partial charge on any atom is 0.169 e. The average Bonchev–Trinajstić information content (AvgIpc) is 2.79. The van der Waals surface area contributed by atoms with Crippen molar-refractivity contribution in [1.29, 1.82) is 0 Å². The van der Waals surface area contributed by atoms with Gasteiger partial charge < -0.3 is 0 Å². The predicted octanol–water partition coefficient (Wildman–Crippen LogP) is 3.38. The molecule has 0 amide bonds. The van der Waals surface area contributed by atoms with Gasteiger partial charge in [-0.1, -0.05) is 33.1 Å². The van der Waals surface area contributed by atoms with E-state index in [1.807, 2.05) is 13.2 Å². The Balaban J connectivity index is 2.23. The van der Waals surface area contributed by atoms with E-state index in [0.29, 0.717) is 11.7 Å². The van der Waals surface area contributed by atoms with E-state index >= 15 is 0 Å². The number of hydrogen-bond donors (Lipinski definition) is 0. The third-order valence-electron chi connectivity index (χ3n) is 4.28. The number of carbonyl (C=O) groups is 1. The summed E-state index contributed by atoms with van der Waals surface area (Å²) < 4.78 is 1.77. The highest BCUT2D eigenvalue weighted by Crippen LogP contribution is 2.34. The van der Waals surface area contributed by atoms with Gasteiger partial charge >= 0.3 is 0 Å². The van der Waals surface area contributed by atoms with Gasteiger partial charge in [0.2, 0.25) is 0 Å². The quantitative estimate of drug-likeness (QED) is 0.766. The molecule has 1 aliphatic carbocycles. The van der Waals surface area contributed by atoms with Gasteiger partial charge in [0.1, 0.15) is 0 Å². The van der Waals surface area contributed by atoms with E-state index in [1.54, 1.807) is 4.68 Å². The van der Waals surface area contributed by atoms with Crippen LogP contribution in [0.4, 0.5) is 0 Å². The van der Waals surface area contributed by atoms with Crippen molar-refractivity contribution in [3.63, 3.8) is 0 Å². The van der Waals surface area contributed by atoms with E-state index in [9.17, 15) is 4.79 Å². The van der Waals surface area contributed by atoms with Crippen molar-refractivity contribution in [3.8, 4) is 0 Å². The molecule has 0 N–H and O–H groups in total. The summed E-state index contributed by atoms with van der Waals surface area (Å²) >= 11 is 0. The van der Waals surface area contributed by atoms with E-state index in [1.165, 1.54) is 19.3 Å². The SMILES string of the molecule is CCc1nn(C)cc1C(=O)C1CCCCC1CC. The molecule has 0 aromatic carbocycles. The maximum absolute atomic E-state index is 12.7. The van der Waals surface area contributed by atoms with E-state index < -0.39 is 0 Å². The number of Topliss-reactive ketones (excluding diaryl/α,β-unsaturated/α-hetero) is 1. The molecule has 1 aromatic rings. The molecule has 2 atom stereocenters. The van der Waals surface area contributed by atoms with Gasteiger partial charge in [0.25, 0.3) is 0 Å². The van der Waals surface area contributed by atoms with Crippen LogP contribution in [0.25, 0.3) is 0 Å². The average molecular weight is 248 g/mol. The summed E-state index contributed by atoms with van der Waals surface area (Å²) in [5.41, 5.74) is 1.83. The van der Waals surface area contributed by atoms with Crippen LogP contribution in [0.15, 0.2) is 6.20 Å². The lowest BCUT2D eigenvalue weighted by atomic mass is 9.74. The fourth-order valence-electron chi connectivity index (χ4n) is 3.24. The number of aryl methyl sites for hydroxylation is 2. The Morgan fingerprint density at radius 3 is 2.78 bits per heavy atom. The molecule has 1 heterocycles. The first-order valence-corrected chi connectivity index (χ1v) is 7.24. The van der Waals surface area contributed by atoms with Crippen molar-refractivity contribution >= 4 is 5.78 Å². The lowest BCUT2D eigenvalue weighted by Gasteiger charge is -2.29. The fraction of sp³-hybridized carbons (Fsp3) is 0.733. The zero-order valence-corrected chi connectivity index (χ0v) is 11.8. The minimum Gasteiger partial charge on any atom is -0.294 e. The van der Waals surface area contributed by atoms with Crippen molar-refractivity contribution in [3.05, 3.63) is 17.5 Å². The standard InChI is InChI=1S/C15H24N2O/c1-4-11-8-6-7-9-12(11)15(18)13-10-17(3)16-14(13)5-2/h10-12H,4-9H2,1-3H3. The number of rotatable bonds is 4. The molecule has 1 fully saturated rings. The van der Waals surface area contributed by atoms with Gasteiger partial charge in [-0.2, -0.15) is 5.10 Å². The number of aromatic nitrogens is 2. The minimum absolute atomic E-state index is 0.234. The highest BCUT2D eigenvalue weighted by atomic mass is 16.1. The van der Waals surface area contributed by atoms with Crippen LogP contribution in [-0.2, 0) is 13.5 Å². The summed E-state index contributed by atoms with van der Waals surface area (Å²) in [5, 5.41) is 4.39. The first-order chi connectivity index (χ1) is 8.67. The van der Waals surface area contributed by atoms with Crippen LogP contribution in [0.5, 0.6) is 0 Å². The Bertz CT molecular complexity index is 422. The van der Waals surface area contributed by atoms with E-state index in [2.05, 4.69) is 18.9 Å². The zero-order chi connectivity index (χ0) is 13.1. The largest absolute Gasteiger partial charge is 0.294 e. The second-order valence-electron chi connectivity index (χ2n) is 5.44. The molecule has 100 valence electrons. The van der Waals surface area contributed by atoms with Crippen molar-refractivity contribution in [2.24, 2.45) is 18.9 Å². The van der Waals surface area contributed by atoms with Crippen LogP contribution in [0.1, 0.15) is 62.0 Å². The van der Waals surface area contributed by atoms with Gasteiger partial charge in [-0.25, -0.2) is 0 Å². The molecule has 1 aliphatic rings. The molecule has 0 radical (unpaired) electrons. The summed E-state index contributed by atoms with van der Waals surface area (Å²) in [6.07, 6.45) is 8.64. The molecule has 2 unspecified atom stereocenters. The van der Waals surface area contributed by atoms with Crippen LogP contribution in [0.3, 0.4) is 0 Å². The first-order valence-electron chi connectivity index (χ1n) is 7.24. The molecule has 0 spiro atoms. The van der Waals surface area contributed by atoms with Gasteiger partial charge in [-0.3, -0.25) is 9.48 Å². The predicted molar refractivity (Wildman–Crippen MR) is 72.7 cm³/mol. The van der Waals surface area contributed by atoms with Gasteiger partial charge in [-0.05, 0) is 25.2 Å². The number of nitrogens with zero attached hydrogens (tertiary/aromatic N) is 2. The Morgan fingerprint density at radius 1 is 1.39 bits per heavy atom. The van der Waals surface area contributed by atoms with Crippen molar-refractivity contribution in [2.75, 3.05) is 0 Å². The highest BCUT2D eigenvalue weighted by molar-refractivity contribution is 5.98. The molecule has 3 heteroatoms. The smallest absolute Gasteiger partial charge is 0.169 e. The van der Waals surface area contributed by atoms with Crippen LogP contribution in [0.2, 0.25) is 0 Å². The third kappa shape index (κ3) is 2.50. The van der Waals surface area contributed by atoms with Crippen LogP contribution >= 0.6 is 0 Å². The number of carbonyl (C=O) groups excluding carboxylic acids is 1. The van der Waals surface area contributed by atoms with E-state index in [-0.39, 0.29) is 5.92 Å². The molecular formula is C15H24N2O. The van der Waals surface area contributed by atoms with E-state index in [0.717, 1.165) is 30.5 Å². The number of ketones is 1. The Labute approximate surface area is 110 Å². The highest BCUT2D eigenvalue weighted by Gasteiger charge is 2.31. The molecular weight excluding hydrogens is 224 g/mol. The molecule has 1 aromatic heterocycles. The normalized spacial score (nSPS) is 24.2. The van der Waals surface area contributed by atoms with Crippen molar-refractivity contribution in [1.82, 2.24) is 9.78 Å². The Kier molecular flexibility index (Phi) is 4.20. The molecule has 3 nitrogen and oxygen atoms in total. The van der Waals surface area contributed by atoms with Gasteiger partial charge in [0, 0.05) is 19.2 Å². The molecule has 2 rings (SSSR count). The van der Waals surface area contributed by atoms with Crippen LogP contribution in [-0.4, -0.2) is 15.6 Å². The maximum atomic E-state index is 12.7. The first kappa shape index (κ1) is 13.3. The second-order valence-corrected chi connectivity index (χ2v) is 5.44. The van der Waals surface area contributed by atoms with Gasteiger partial charge in [-0.15, -0.1) is 0 Å². The minimum atomic E-state index is 0.234. The van der Waals surface area contributed by atoms with Crippen molar-refractivity contribution in [2.45, 2.75) is 52.4 Å². The summed E-state index contributed by atoms with van der Waals surface area (Å²) in [5.74, 6) is 1.15. The van der Waals surface area contributed by atoms with E-state index in [4.69, 9.17) is 0 Å². The summed E-state index contributed by atoms with van der Waals surface area (Å²) in [6, 6.07) is 0. The number of hydrogen-bond acceptors (Lipinski definition) is 2. The molecule has 0 aliphatic heterocycles. The zero-order valence-electron chi connectivity index (χ0n) is 11.8. The summed E-state index contributed by atoms with van der Waals surface area (Å²) in [6.45, 7) is 4.28. The molecule has 1 saturated carbocycles. The van der Waals surface area contributed by atoms with Crippen LogP contribution in [0, 0.1) is 11.8 Å². The lowest BCUT2D eigenvalue weighted by molar-refractivity contribution is 0.0819. The summed E-state index contributed by atoms with van der Waals surface area (Å²) in [7, 11) is 1.90. The fourth-order valence-corrected chi connectivity index (χ4v) is 3.24.